The number of H-pyrrole nitrogens is 1. The summed E-state index contributed by atoms with van der Waals surface area (Å²) >= 11 is 0. The first-order chi connectivity index (χ1) is 14.3. The van der Waals surface area contributed by atoms with E-state index in [0.717, 1.165) is 6.07 Å². The maximum absolute atomic E-state index is 13.2. The smallest absolute Gasteiger partial charge is 0.404 e. The number of benzene rings is 1. The van der Waals surface area contributed by atoms with Crippen LogP contribution in [0, 0.1) is 17.7 Å². The Kier molecular flexibility index (Phi) is 5.33. The zero-order valence-corrected chi connectivity index (χ0v) is 16.4. The molecule has 160 valence electrons. The van der Waals surface area contributed by atoms with Crippen LogP contribution in [0.25, 0.3) is 11.2 Å². The van der Waals surface area contributed by atoms with Gasteiger partial charge in [0.25, 0.3) is 5.56 Å². The molecule has 2 heterocycles. The third-order valence-electron chi connectivity index (χ3n) is 5.13. The number of nitrogens with one attached hydrogen (secondary N) is 1. The number of nitrogen functional groups attached to an aromatic ring is 1. The summed E-state index contributed by atoms with van der Waals surface area (Å²) in [7, 11) is -4.48. The fraction of sp³-hybridized carbons (Fsp3) is 0.353. The Morgan fingerprint density at radius 2 is 2.23 bits per heavy atom. The number of imidazole rings is 1. The molecule has 0 aliphatic heterocycles. The minimum atomic E-state index is -4.48. The van der Waals surface area contributed by atoms with Crippen molar-refractivity contribution in [2.24, 2.45) is 11.8 Å². The molecule has 1 saturated carbocycles. The van der Waals surface area contributed by atoms with Gasteiger partial charge in [-0.05, 0) is 24.5 Å². The maximum atomic E-state index is 13.2. The zero-order chi connectivity index (χ0) is 21.5. The first kappa shape index (κ1) is 20.5. The number of hydrogen-bond donors (Lipinski definition) is 4. The summed E-state index contributed by atoms with van der Waals surface area (Å²) in [5.41, 5.74) is 5.56. The molecule has 0 bridgehead atoms. The van der Waals surface area contributed by atoms with Crippen molar-refractivity contribution in [3.05, 3.63) is 46.8 Å². The normalized spacial score (nSPS) is 23.1. The quantitative estimate of drug-likeness (QED) is 0.396. The van der Waals surface area contributed by atoms with E-state index in [-0.39, 0.29) is 48.3 Å². The summed E-state index contributed by atoms with van der Waals surface area (Å²) in [6.07, 6.45) is 1.92. The van der Waals surface area contributed by atoms with Crippen molar-refractivity contribution < 1.29 is 28.0 Å². The van der Waals surface area contributed by atoms with Gasteiger partial charge in [0.05, 0.1) is 12.9 Å². The minimum absolute atomic E-state index is 0.0512. The standard InChI is InChI=1S/C17H19FN5O6P/c18-10-2-1-3-11(5-10)29-30(26,27)28-7-9-4-13(12(9)6-24)23-8-20-14-15(23)21-17(19)22-16(14)25/h1-3,5,8-9,12-13,24H,4,6-7H2,(H,26,27)(H3,19,21,22,25)/t9-,12+,13-/m1/s1. The van der Waals surface area contributed by atoms with Crippen LogP contribution in [0.5, 0.6) is 5.75 Å². The van der Waals surface area contributed by atoms with Crippen molar-refractivity contribution in [3.63, 3.8) is 0 Å². The summed E-state index contributed by atoms with van der Waals surface area (Å²) in [5.74, 6) is -1.39. The number of halogens is 1. The van der Waals surface area contributed by atoms with E-state index >= 15 is 0 Å². The molecule has 1 unspecified atom stereocenters. The van der Waals surface area contributed by atoms with Crippen LogP contribution >= 0.6 is 7.82 Å². The Balaban J connectivity index is 1.43. The lowest BCUT2D eigenvalue weighted by atomic mass is 9.70. The lowest BCUT2D eigenvalue weighted by Crippen LogP contribution is -2.43. The highest BCUT2D eigenvalue weighted by Gasteiger charge is 2.44. The molecular formula is C17H19FN5O6P. The summed E-state index contributed by atoms with van der Waals surface area (Å²) in [4.78, 5) is 32.3. The van der Waals surface area contributed by atoms with E-state index in [9.17, 15) is 23.7 Å². The fourth-order valence-corrected chi connectivity index (χ4v) is 4.43. The van der Waals surface area contributed by atoms with Crippen molar-refractivity contribution in [3.8, 4) is 5.75 Å². The van der Waals surface area contributed by atoms with Crippen LogP contribution in [0.1, 0.15) is 12.5 Å². The summed E-state index contributed by atoms with van der Waals surface area (Å²) < 4.78 is 36.9. The predicted octanol–water partition coefficient (Wildman–Crippen LogP) is 1.21. The molecule has 4 atom stereocenters. The van der Waals surface area contributed by atoms with Gasteiger partial charge in [0.15, 0.2) is 11.2 Å². The first-order valence-corrected chi connectivity index (χ1v) is 10.5. The molecule has 0 spiro atoms. The Morgan fingerprint density at radius 3 is 2.97 bits per heavy atom. The van der Waals surface area contributed by atoms with E-state index < -0.39 is 19.2 Å². The molecular weight excluding hydrogens is 420 g/mol. The number of nitrogens with zero attached hydrogens (tertiary/aromatic N) is 3. The summed E-state index contributed by atoms with van der Waals surface area (Å²) in [6.45, 7) is -0.384. The second-order valence-electron chi connectivity index (χ2n) is 7.00. The van der Waals surface area contributed by atoms with Crippen LogP contribution in [-0.4, -0.2) is 42.7 Å². The number of nitrogens with two attached hydrogens (primary N) is 1. The van der Waals surface area contributed by atoms with E-state index in [1.807, 2.05) is 0 Å². The third kappa shape index (κ3) is 3.94. The SMILES string of the molecule is Nc1nc2c(ncn2[C@@H]2C[C@H](COP(=O)(O)Oc3cccc(F)c3)[C@@H]2CO)c(=O)[nH]1. The fourth-order valence-electron chi connectivity index (χ4n) is 3.62. The van der Waals surface area contributed by atoms with Gasteiger partial charge in [0.2, 0.25) is 5.95 Å². The van der Waals surface area contributed by atoms with E-state index in [1.165, 1.54) is 24.5 Å². The number of fused-ring (bicyclic) bond motifs is 1. The molecule has 11 nitrogen and oxygen atoms in total. The number of aliphatic hydroxyl groups is 1. The van der Waals surface area contributed by atoms with Crippen molar-refractivity contribution >= 4 is 24.9 Å². The van der Waals surface area contributed by atoms with Crippen LogP contribution in [0.15, 0.2) is 35.4 Å². The lowest BCUT2D eigenvalue weighted by Gasteiger charge is -2.44. The number of phosphoric acid groups is 1. The largest absolute Gasteiger partial charge is 0.527 e. The Morgan fingerprint density at radius 1 is 1.43 bits per heavy atom. The van der Waals surface area contributed by atoms with Crippen LogP contribution in [0.4, 0.5) is 10.3 Å². The van der Waals surface area contributed by atoms with Gasteiger partial charge in [-0.3, -0.25) is 19.2 Å². The molecule has 1 aliphatic rings. The van der Waals surface area contributed by atoms with Crippen LogP contribution in [0.3, 0.4) is 0 Å². The molecule has 1 fully saturated rings. The molecule has 5 N–H and O–H groups in total. The van der Waals surface area contributed by atoms with Gasteiger partial charge in [-0.25, -0.2) is 13.9 Å². The molecule has 0 radical (unpaired) electrons. The molecule has 0 saturated heterocycles. The molecule has 30 heavy (non-hydrogen) atoms. The molecule has 1 aliphatic carbocycles. The summed E-state index contributed by atoms with van der Waals surface area (Å²) in [6, 6.07) is 4.56. The lowest BCUT2D eigenvalue weighted by molar-refractivity contribution is -0.00488. The highest BCUT2D eigenvalue weighted by Crippen LogP contribution is 2.49. The molecule has 1 aromatic carbocycles. The first-order valence-electron chi connectivity index (χ1n) is 9.03. The average Bonchev–Trinajstić information content (AvgIpc) is 3.04. The van der Waals surface area contributed by atoms with Crippen molar-refractivity contribution in [2.75, 3.05) is 18.9 Å². The Hall–Kier alpha value is -2.79. The van der Waals surface area contributed by atoms with Crippen LogP contribution < -0.4 is 15.8 Å². The second kappa shape index (κ2) is 7.80. The second-order valence-corrected chi connectivity index (χ2v) is 8.38. The van der Waals surface area contributed by atoms with Crippen molar-refractivity contribution in [1.29, 1.82) is 0 Å². The van der Waals surface area contributed by atoms with E-state index in [4.69, 9.17) is 14.8 Å². The Bertz CT molecular complexity index is 1180. The van der Waals surface area contributed by atoms with Crippen LogP contribution in [-0.2, 0) is 9.09 Å². The van der Waals surface area contributed by atoms with E-state index in [1.54, 1.807) is 4.57 Å². The van der Waals surface area contributed by atoms with Gasteiger partial charge in [-0.15, -0.1) is 0 Å². The van der Waals surface area contributed by atoms with Crippen molar-refractivity contribution in [1.82, 2.24) is 19.5 Å². The molecule has 13 heteroatoms. The third-order valence-corrected chi connectivity index (χ3v) is 6.05. The predicted molar refractivity (Wildman–Crippen MR) is 103 cm³/mol. The molecule has 3 aromatic rings. The number of anilines is 1. The molecule has 2 aromatic heterocycles. The number of aliphatic hydroxyl groups excluding tert-OH is 1. The van der Waals surface area contributed by atoms with Gasteiger partial charge < -0.3 is 19.9 Å². The number of aromatic nitrogens is 4. The topological polar surface area (TPSA) is 166 Å². The number of phosphoric ester groups is 1. The van der Waals surface area contributed by atoms with Gasteiger partial charge in [0.1, 0.15) is 11.6 Å². The maximum Gasteiger partial charge on any atom is 0.527 e. The highest BCUT2D eigenvalue weighted by atomic mass is 31.2. The highest BCUT2D eigenvalue weighted by molar-refractivity contribution is 7.47. The summed E-state index contributed by atoms with van der Waals surface area (Å²) in [5, 5.41) is 9.80. The molecule has 4 rings (SSSR count). The van der Waals surface area contributed by atoms with Gasteiger partial charge in [-0.2, -0.15) is 4.98 Å². The van der Waals surface area contributed by atoms with E-state index in [2.05, 4.69) is 15.0 Å². The van der Waals surface area contributed by atoms with E-state index in [0.29, 0.717) is 12.1 Å². The van der Waals surface area contributed by atoms with Crippen molar-refractivity contribution in [2.45, 2.75) is 12.5 Å². The minimum Gasteiger partial charge on any atom is -0.404 e. The Labute approximate surface area is 168 Å². The number of rotatable bonds is 7. The van der Waals surface area contributed by atoms with Gasteiger partial charge in [0, 0.05) is 24.6 Å². The van der Waals surface area contributed by atoms with Crippen LogP contribution in [0.2, 0.25) is 0 Å². The zero-order valence-electron chi connectivity index (χ0n) is 15.5. The van der Waals surface area contributed by atoms with Gasteiger partial charge in [-0.1, -0.05) is 6.07 Å². The number of aromatic amines is 1. The monoisotopic (exact) mass is 439 g/mol. The van der Waals surface area contributed by atoms with Gasteiger partial charge >= 0.3 is 7.82 Å². The number of hydrogen-bond acceptors (Lipinski definition) is 8. The average molecular weight is 439 g/mol. The molecule has 0 amide bonds.